The van der Waals surface area contributed by atoms with Crippen LogP contribution in [0.2, 0.25) is 0 Å². The van der Waals surface area contributed by atoms with Crippen LogP contribution in [0.1, 0.15) is 15.9 Å². The first kappa shape index (κ1) is 13.7. The Kier molecular flexibility index (Phi) is 3.79. The fraction of sp³-hybridized carbons (Fsp3) is 0.133. The molecule has 2 aromatic rings. The van der Waals surface area contributed by atoms with Crippen LogP contribution in [-0.4, -0.2) is 18.1 Å². The number of aromatic hydroxyl groups is 1. The minimum Gasteiger partial charge on any atom is -0.507 e. The second-order valence-corrected chi connectivity index (χ2v) is 4.43. The largest absolute Gasteiger partial charge is 0.507 e. The molecule has 0 fully saturated rings. The minimum absolute atomic E-state index is 0.0606. The smallest absolute Gasteiger partial charge is 0.259 e. The van der Waals surface area contributed by atoms with E-state index < -0.39 is 5.91 Å². The molecule has 5 heteroatoms. The maximum atomic E-state index is 12.1. The first-order valence-corrected chi connectivity index (χ1v) is 6.05. The summed E-state index contributed by atoms with van der Waals surface area (Å²) in [5.41, 5.74) is 7.85. The van der Waals surface area contributed by atoms with Crippen LogP contribution in [0.3, 0.4) is 0 Å². The zero-order valence-corrected chi connectivity index (χ0v) is 11.3. The van der Waals surface area contributed by atoms with Gasteiger partial charge >= 0.3 is 0 Å². The second kappa shape index (κ2) is 5.52. The van der Waals surface area contributed by atoms with Gasteiger partial charge in [0, 0.05) is 5.69 Å². The lowest BCUT2D eigenvalue weighted by Gasteiger charge is -2.10. The number of carbonyl (C=O) groups is 1. The summed E-state index contributed by atoms with van der Waals surface area (Å²) in [6.45, 7) is 1.85. The average molecular weight is 272 g/mol. The molecule has 0 saturated heterocycles. The standard InChI is InChI=1S/C15H16N2O3/c1-9-3-5-13(18)11(7-9)15(19)17-10-4-6-14(20-2)12(16)8-10/h3-8,18H,16H2,1-2H3,(H,17,19). The van der Waals surface area contributed by atoms with Crippen molar-refractivity contribution in [3.8, 4) is 11.5 Å². The monoisotopic (exact) mass is 272 g/mol. The number of rotatable bonds is 3. The minimum atomic E-state index is -0.393. The van der Waals surface area contributed by atoms with Crippen LogP contribution in [0.15, 0.2) is 36.4 Å². The SMILES string of the molecule is COc1ccc(NC(=O)c2cc(C)ccc2O)cc1N. The van der Waals surface area contributed by atoms with E-state index in [0.717, 1.165) is 5.56 Å². The molecule has 2 aromatic carbocycles. The van der Waals surface area contributed by atoms with E-state index in [2.05, 4.69) is 5.32 Å². The van der Waals surface area contributed by atoms with Gasteiger partial charge in [-0.15, -0.1) is 0 Å². The Bertz CT molecular complexity index is 654. The zero-order valence-electron chi connectivity index (χ0n) is 11.3. The number of phenolic OH excluding ortho intramolecular Hbond substituents is 1. The molecule has 0 heterocycles. The van der Waals surface area contributed by atoms with Crippen molar-refractivity contribution in [2.24, 2.45) is 0 Å². The number of carbonyl (C=O) groups excluding carboxylic acids is 1. The molecule has 5 nitrogen and oxygen atoms in total. The number of benzene rings is 2. The molecule has 0 aliphatic heterocycles. The Morgan fingerprint density at radius 2 is 2.00 bits per heavy atom. The predicted octanol–water partition coefficient (Wildman–Crippen LogP) is 2.54. The first-order valence-electron chi connectivity index (χ1n) is 6.05. The molecule has 0 saturated carbocycles. The third-order valence-corrected chi connectivity index (χ3v) is 2.88. The number of phenols is 1. The van der Waals surface area contributed by atoms with Gasteiger partial charge in [-0.05, 0) is 37.3 Å². The van der Waals surface area contributed by atoms with E-state index in [-0.39, 0.29) is 11.3 Å². The Hall–Kier alpha value is -2.69. The van der Waals surface area contributed by atoms with Gasteiger partial charge in [0.1, 0.15) is 11.5 Å². The summed E-state index contributed by atoms with van der Waals surface area (Å²) in [4.78, 5) is 12.1. The average Bonchev–Trinajstić information content (AvgIpc) is 2.41. The van der Waals surface area contributed by atoms with Crippen molar-refractivity contribution in [3.63, 3.8) is 0 Å². The summed E-state index contributed by atoms with van der Waals surface area (Å²) in [7, 11) is 1.52. The third kappa shape index (κ3) is 2.83. The van der Waals surface area contributed by atoms with Gasteiger partial charge < -0.3 is 20.9 Å². The van der Waals surface area contributed by atoms with Crippen LogP contribution in [0.4, 0.5) is 11.4 Å². The number of methoxy groups -OCH3 is 1. The van der Waals surface area contributed by atoms with Crippen LogP contribution in [0.25, 0.3) is 0 Å². The van der Waals surface area contributed by atoms with Crippen LogP contribution in [-0.2, 0) is 0 Å². The molecule has 0 atom stereocenters. The highest BCUT2D eigenvalue weighted by Gasteiger charge is 2.12. The fourth-order valence-electron chi connectivity index (χ4n) is 1.84. The number of ether oxygens (including phenoxy) is 1. The summed E-state index contributed by atoms with van der Waals surface area (Å²) in [6.07, 6.45) is 0. The number of amides is 1. The van der Waals surface area contributed by atoms with Crippen LogP contribution >= 0.6 is 0 Å². The topological polar surface area (TPSA) is 84.6 Å². The van der Waals surface area contributed by atoms with Gasteiger partial charge in [0.15, 0.2) is 0 Å². The van der Waals surface area contributed by atoms with Gasteiger partial charge in [-0.1, -0.05) is 11.6 Å². The van der Waals surface area contributed by atoms with Gasteiger partial charge in [-0.2, -0.15) is 0 Å². The highest BCUT2D eigenvalue weighted by Crippen LogP contribution is 2.26. The molecular weight excluding hydrogens is 256 g/mol. The van der Waals surface area contributed by atoms with E-state index in [1.165, 1.54) is 13.2 Å². The number of nitrogens with two attached hydrogens (primary N) is 1. The molecule has 0 radical (unpaired) electrons. The molecule has 0 unspecified atom stereocenters. The van der Waals surface area contributed by atoms with E-state index >= 15 is 0 Å². The van der Waals surface area contributed by atoms with E-state index in [1.54, 1.807) is 30.3 Å². The van der Waals surface area contributed by atoms with Gasteiger partial charge in [0.25, 0.3) is 5.91 Å². The van der Waals surface area contributed by atoms with E-state index in [9.17, 15) is 9.90 Å². The van der Waals surface area contributed by atoms with Crippen molar-refractivity contribution in [3.05, 3.63) is 47.5 Å². The molecule has 4 N–H and O–H groups in total. The van der Waals surface area contributed by atoms with Crippen molar-refractivity contribution in [2.75, 3.05) is 18.2 Å². The molecule has 0 aliphatic carbocycles. The van der Waals surface area contributed by atoms with Gasteiger partial charge in [-0.25, -0.2) is 0 Å². The molecule has 0 aromatic heterocycles. The third-order valence-electron chi connectivity index (χ3n) is 2.88. The second-order valence-electron chi connectivity index (χ2n) is 4.43. The molecule has 0 bridgehead atoms. The molecular formula is C15H16N2O3. The van der Waals surface area contributed by atoms with E-state index in [4.69, 9.17) is 10.5 Å². The summed E-state index contributed by atoms with van der Waals surface area (Å²) in [5, 5.41) is 12.4. The Labute approximate surface area is 117 Å². The van der Waals surface area contributed by atoms with Gasteiger partial charge in [-0.3, -0.25) is 4.79 Å². The lowest BCUT2D eigenvalue weighted by molar-refractivity contribution is 0.102. The maximum Gasteiger partial charge on any atom is 0.259 e. The number of nitrogen functional groups attached to an aromatic ring is 1. The zero-order chi connectivity index (χ0) is 14.7. The van der Waals surface area contributed by atoms with Crippen molar-refractivity contribution in [1.29, 1.82) is 0 Å². The molecule has 1 amide bonds. The van der Waals surface area contributed by atoms with Crippen LogP contribution in [0, 0.1) is 6.92 Å². The highest BCUT2D eigenvalue weighted by molar-refractivity contribution is 6.06. The van der Waals surface area contributed by atoms with Gasteiger partial charge in [0.2, 0.25) is 0 Å². The highest BCUT2D eigenvalue weighted by atomic mass is 16.5. The van der Waals surface area contributed by atoms with Crippen molar-refractivity contribution in [2.45, 2.75) is 6.92 Å². The van der Waals surface area contributed by atoms with E-state index in [1.807, 2.05) is 6.92 Å². The predicted molar refractivity (Wildman–Crippen MR) is 78.2 cm³/mol. The number of hydrogen-bond donors (Lipinski definition) is 3. The lowest BCUT2D eigenvalue weighted by Crippen LogP contribution is -2.12. The summed E-state index contributed by atoms with van der Waals surface area (Å²) < 4.78 is 5.05. The van der Waals surface area contributed by atoms with Crippen LogP contribution in [0.5, 0.6) is 11.5 Å². The maximum absolute atomic E-state index is 12.1. The van der Waals surface area contributed by atoms with Crippen molar-refractivity contribution in [1.82, 2.24) is 0 Å². The number of hydrogen-bond acceptors (Lipinski definition) is 4. The summed E-state index contributed by atoms with van der Waals surface area (Å²) >= 11 is 0. The fourth-order valence-corrected chi connectivity index (χ4v) is 1.84. The van der Waals surface area contributed by atoms with Gasteiger partial charge in [0.05, 0.1) is 18.4 Å². The summed E-state index contributed by atoms with van der Waals surface area (Å²) in [6, 6.07) is 9.80. The number of aryl methyl sites for hydroxylation is 1. The molecule has 20 heavy (non-hydrogen) atoms. The molecule has 0 spiro atoms. The summed E-state index contributed by atoms with van der Waals surface area (Å²) in [5.74, 6) is 0.0896. The van der Waals surface area contributed by atoms with Crippen molar-refractivity contribution < 1.29 is 14.6 Å². The number of anilines is 2. The normalized spacial score (nSPS) is 10.1. The Balaban J connectivity index is 2.23. The quantitative estimate of drug-likeness (QED) is 0.750. The van der Waals surface area contributed by atoms with E-state index in [0.29, 0.717) is 17.1 Å². The number of nitrogens with one attached hydrogen (secondary N) is 1. The Morgan fingerprint density at radius 1 is 1.25 bits per heavy atom. The lowest BCUT2D eigenvalue weighted by atomic mass is 10.1. The molecule has 0 aliphatic rings. The van der Waals surface area contributed by atoms with Crippen molar-refractivity contribution >= 4 is 17.3 Å². The molecule has 2 rings (SSSR count). The van der Waals surface area contributed by atoms with Crippen LogP contribution < -0.4 is 15.8 Å². The molecule has 104 valence electrons. The Morgan fingerprint density at radius 3 is 2.65 bits per heavy atom. The first-order chi connectivity index (χ1) is 9.51.